The predicted molar refractivity (Wildman–Crippen MR) is 91.7 cm³/mol. The van der Waals surface area contributed by atoms with Gasteiger partial charge in [-0.25, -0.2) is 0 Å². The van der Waals surface area contributed by atoms with Gasteiger partial charge >= 0.3 is 11.9 Å². The quantitative estimate of drug-likeness (QED) is 0.472. The van der Waals surface area contributed by atoms with Gasteiger partial charge in [0, 0.05) is 19.5 Å². The first-order valence-corrected chi connectivity index (χ1v) is 8.25. The van der Waals surface area contributed by atoms with Crippen LogP contribution in [0.2, 0.25) is 0 Å². The van der Waals surface area contributed by atoms with Gasteiger partial charge in [0.2, 0.25) is 5.91 Å². The molecule has 1 aromatic rings. The van der Waals surface area contributed by atoms with Crippen LogP contribution in [-0.4, -0.2) is 73.3 Å². The van der Waals surface area contributed by atoms with Crippen molar-refractivity contribution in [3.8, 4) is 0 Å². The van der Waals surface area contributed by atoms with E-state index < -0.39 is 29.7 Å². The molecule has 1 aliphatic heterocycles. The standard InChI is InChI=1S/C18H20N2O7/c1-26-15(22)8-9-19(11-16(23)27-2)14(21)7-10-20-17(24)12-5-3-4-6-13(12)18(20)25/h3-6H,7-11H2,1-2H3. The Labute approximate surface area is 155 Å². The number of ether oxygens (including phenoxy) is 2. The zero-order chi connectivity index (χ0) is 20.0. The van der Waals surface area contributed by atoms with Gasteiger partial charge in [-0.1, -0.05) is 12.1 Å². The molecule has 0 radical (unpaired) electrons. The Hall–Kier alpha value is -3.23. The number of imide groups is 1. The smallest absolute Gasteiger partial charge is 0.325 e. The third kappa shape index (κ3) is 4.69. The summed E-state index contributed by atoms with van der Waals surface area (Å²) in [7, 11) is 2.40. The average Bonchev–Trinajstić information content (AvgIpc) is 2.93. The first kappa shape index (κ1) is 20.1. The Kier molecular flexibility index (Phi) is 6.64. The molecule has 0 atom stereocenters. The summed E-state index contributed by atoms with van der Waals surface area (Å²) in [4.78, 5) is 62.0. The number of amides is 3. The molecule has 3 amide bonds. The molecule has 1 aromatic carbocycles. The lowest BCUT2D eigenvalue weighted by molar-refractivity contribution is -0.148. The van der Waals surface area contributed by atoms with E-state index in [0.717, 1.165) is 9.80 Å². The highest BCUT2D eigenvalue weighted by atomic mass is 16.5. The predicted octanol–water partition coefficient (Wildman–Crippen LogP) is 0.237. The summed E-state index contributed by atoms with van der Waals surface area (Å²) in [5.41, 5.74) is 0.596. The molecule has 9 heteroatoms. The van der Waals surface area contributed by atoms with Crippen LogP contribution in [0.1, 0.15) is 33.6 Å². The maximum atomic E-state index is 12.5. The molecule has 144 valence electrons. The molecule has 0 aromatic heterocycles. The van der Waals surface area contributed by atoms with Gasteiger partial charge in [-0.3, -0.25) is 28.9 Å². The minimum atomic E-state index is -0.644. The summed E-state index contributed by atoms with van der Waals surface area (Å²) in [6.45, 7) is -0.502. The number of methoxy groups -OCH3 is 2. The van der Waals surface area contributed by atoms with Crippen LogP contribution in [-0.2, 0) is 23.9 Å². The Morgan fingerprint density at radius 1 is 0.926 bits per heavy atom. The van der Waals surface area contributed by atoms with Gasteiger partial charge in [0.1, 0.15) is 6.54 Å². The maximum absolute atomic E-state index is 12.5. The first-order chi connectivity index (χ1) is 12.9. The highest BCUT2D eigenvalue weighted by Gasteiger charge is 2.35. The summed E-state index contributed by atoms with van der Waals surface area (Å²) in [6.07, 6.45) is -0.268. The molecule has 0 fully saturated rings. The second kappa shape index (κ2) is 8.93. The van der Waals surface area contributed by atoms with Crippen molar-refractivity contribution in [2.75, 3.05) is 33.9 Å². The normalized spacial score (nSPS) is 12.6. The van der Waals surface area contributed by atoms with E-state index in [-0.39, 0.29) is 32.5 Å². The summed E-state index contributed by atoms with van der Waals surface area (Å²) in [5.74, 6) is -2.58. The number of carbonyl (C=O) groups is 5. The van der Waals surface area contributed by atoms with E-state index >= 15 is 0 Å². The van der Waals surface area contributed by atoms with E-state index in [2.05, 4.69) is 9.47 Å². The maximum Gasteiger partial charge on any atom is 0.325 e. The number of carbonyl (C=O) groups excluding carboxylic acids is 5. The number of esters is 2. The van der Waals surface area contributed by atoms with E-state index in [1.54, 1.807) is 24.3 Å². The zero-order valence-electron chi connectivity index (χ0n) is 15.1. The van der Waals surface area contributed by atoms with Crippen LogP contribution in [0.4, 0.5) is 0 Å². The number of hydrogen-bond acceptors (Lipinski definition) is 7. The fraction of sp³-hybridized carbons (Fsp3) is 0.389. The van der Waals surface area contributed by atoms with Gasteiger partial charge < -0.3 is 14.4 Å². The van der Waals surface area contributed by atoms with Gasteiger partial charge in [0.25, 0.3) is 11.8 Å². The van der Waals surface area contributed by atoms with Crippen molar-refractivity contribution in [3.63, 3.8) is 0 Å². The van der Waals surface area contributed by atoms with Gasteiger partial charge in [-0.2, -0.15) is 0 Å². The number of hydrogen-bond donors (Lipinski definition) is 0. The monoisotopic (exact) mass is 376 g/mol. The molecule has 0 unspecified atom stereocenters. The molecule has 2 rings (SSSR count). The summed E-state index contributed by atoms with van der Waals surface area (Å²) in [5, 5.41) is 0. The molecule has 1 heterocycles. The molecule has 0 N–H and O–H groups in total. The highest BCUT2D eigenvalue weighted by molar-refractivity contribution is 6.21. The minimum absolute atomic E-state index is 0.0390. The number of fused-ring (bicyclic) bond motifs is 1. The minimum Gasteiger partial charge on any atom is -0.469 e. The topological polar surface area (TPSA) is 110 Å². The molecule has 0 aliphatic carbocycles. The van der Waals surface area contributed by atoms with Crippen molar-refractivity contribution < 1.29 is 33.4 Å². The molecule has 9 nitrogen and oxygen atoms in total. The third-order valence-electron chi connectivity index (χ3n) is 4.14. The molecule has 0 bridgehead atoms. The molecular weight excluding hydrogens is 356 g/mol. The van der Waals surface area contributed by atoms with Crippen LogP contribution in [0.15, 0.2) is 24.3 Å². The second-order valence-corrected chi connectivity index (χ2v) is 5.78. The van der Waals surface area contributed by atoms with Crippen LogP contribution in [0.25, 0.3) is 0 Å². The lowest BCUT2D eigenvalue weighted by Crippen LogP contribution is -2.40. The fourth-order valence-electron chi connectivity index (χ4n) is 2.65. The van der Waals surface area contributed by atoms with E-state index in [1.807, 2.05) is 0 Å². The van der Waals surface area contributed by atoms with Crippen LogP contribution < -0.4 is 0 Å². The Morgan fingerprint density at radius 2 is 1.48 bits per heavy atom. The lowest BCUT2D eigenvalue weighted by Gasteiger charge is -2.22. The van der Waals surface area contributed by atoms with Gasteiger partial charge in [-0.15, -0.1) is 0 Å². The highest BCUT2D eigenvalue weighted by Crippen LogP contribution is 2.22. The fourth-order valence-corrected chi connectivity index (χ4v) is 2.65. The Balaban J connectivity index is 2.00. The lowest BCUT2D eigenvalue weighted by atomic mass is 10.1. The number of nitrogens with zero attached hydrogens (tertiary/aromatic N) is 2. The van der Waals surface area contributed by atoms with Gasteiger partial charge in [-0.05, 0) is 12.1 Å². The van der Waals surface area contributed by atoms with Crippen molar-refractivity contribution in [2.45, 2.75) is 12.8 Å². The number of rotatable bonds is 8. The van der Waals surface area contributed by atoms with Crippen LogP contribution in [0.3, 0.4) is 0 Å². The van der Waals surface area contributed by atoms with E-state index in [0.29, 0.717) is 11.1 Å². The van der Waals surface area contributed by atoms with Crippen molar-refractivity contribution in [1.82, 2.24) is 9.80 Å². The molecule has 0 saturated carbocycles. The van der Waals surface area contributed by atoms with Crippen molar-refractivity contribution >= 4 is 29.7 Å². The van der Waals surface area contributed by atoms with E-state index in [9.17, 15) is 24.0 Å². The summed E-state index contributed by atoms with van der Waals surface area (Å²) < 4.78 is 9.08. The first-order valence-electron chi connectivity index (χ1n) is 8.25. The zero-order valence-corrected chi connectivity index (χ0v) is 15.1. The average molecular weight is 376 g/mol. The third-order valence-corrected chi connectivity index (χ3v) is 4.14. The molecule has 1 aliphatic rings. The van der Waals surface area contributed by atoms with Crippen LogP contribution in [0, 0.1) is 0 Å². The van der Waals surface area contributed by atoms with Crippen molar-refractivity contribution in [2.24, 2.45) is 0 Å². The van der Waals surface area contributed by atoms with E-state index in [1.165, 1.54) is 14.2 Å². The SMILES string of the molecule is COC(=O)CCN(CC(=O)OC)C(=O)CCN1C(=O)c2ccccc2C1=O. The van der Waals surface area contributed by atoms with Crippen molar-refractivity contribution in [1.29, 1.82) is 0 Å². The Morgan fingerprint density at radius 3 is 2.00 bits per heavy atom. The Bertz CT molecular complexity index is 740. The molecule has 27 heavy (non-hydrogen) atoms. The largest absolute Gasteiger partial charge is 0.469 e. The van der Waals surface area contributed by atoms with Crippen molar-refractivity contribution in [3.05, 3.63) is 35.4 Å². The van der Waals surface area contributed by atoms with Gasteiger partial charge in [0.05, 0.1) is 31.8 Å². The van der Waals surface area contributed by atoms with Crippen LogP contribution in [0.5, 0.6) is 0 Å². The van der Waals surface area contributed by atoms with Gasteiger partial charge in [0.15, 0.2) is 0 Å². The molecule has 0 saturated heterocycles. The van der Waals surface area contributed by atoms with E-state index in [4.69, 9.17) is 0 Å². The summed E-state index contributed by atoms with van der Waals surface area (Å²) in [6, 6.07) is 6.42. The van der Waals surface area contributed by atoms with Crippen LogP contribution >= 0.6 is 0 Å². The number of benzene rings is 1. The molecule has 0 spiro atoms. The summed E-state index contributed by atoms with van der Waals surface area (Å²) >= 11 is 0. The molecular formula is C18H20N2O7. The second-order valence-electron chi connectivity index (χ2n) is 5.78.